The van der Waals surface area contributed by atoms with E-state index < -0.39 is 0 Å². The van der Waals surface area contributed by atoms with Crippen LogP contribution in [-0.2, 0) is 19.3 Å². The number of Topliss-reactive ketones (excluding diaryl/α,β-unsaturated/α-hetero) is 1. The molecule has 0 bridgehead atoms. The molecule has 0 N–H and O–H groups in total. The molecule has 1 aromatic carbocycles. The lowest BCUT2D eigenvalue weighted by Gasteiger charge is -2.10. The molecular weight excluding hydrogens is 386 g/mol. The molecule has 146 valence electrons. The second kappa shape index (κ2) is 8.62. The van der Waals surface area contributed by atoms with E-state index in [4.69, 9.17) is 0 Å². The highest BCUT2D eigenvalue weighted by Gasteiger charge is 2.30. The Kier molecular flexibility index (Phi) is 5.97. The summed E-state index contributed by atoms with van der Waals surface area (Å²) in [7, 11) is 0. The molecule has 28 heavy (non-hydrogen) atoms. The van der Waals surface area contributed by atoms with Gasteiger partial charge >= 0.3 is 0 Å². The normalized spacial score (nSPS) is 13.8. The number of carbonyl (C=O) groups excluding carboxylic acids is 1. The predicted octanol–water partition coefficient (Wildman–Crippen LogP) is 5.37. The average Bonchev–Trinajstić information content (AvgIpc) is 3.28. The number of thiophene rings is 1. The van der Waals surface area contributed by atoms with Crippen LogP contribution in [-0.4, -0.2) is 26.3 Å². The van der Waals surface area contributed by atoms with Crippen molar-refractivity contribution in [2.75, 3.05) is 5.75 Å². The van der Waals surface area contributed by atoms with Gasteiger partial charge in [-0.1, -0.05) is 43.8 Å². The van der Waals surface area contributed by atoms with Gasteiger partial charge in [-0.15, -0.1) is 21.5 Å². The van der Waals surface area contributed by atoms with E-state index in [-0.39, 0.29) is 5.78 Å². The number of hydrogen-bond donors (Lipinski definition) is 0. The van der Waals surface area contributed by atoms with Gasteiger partial charge in [0.1, 0.15) is 5.82 Å². The first-order valence-electron chi connectivity index (χ1n) is 9.93. The summed E-state index contributed by atoms with van der Waals surface area (Å²) in [6.45, 7) is 4.22. The Morgan fingerprint density at radius 1 is 1.21 bits per heavy atom. The van der Waals surface area contributed by atoms with Crippen molar-refractivity contribution in [3.05, 3.63) is 63.1 Å². The van der Waals surface area contributed by atoms with Crippen LogP contribution in [0.1, 0.15) is 64.9 Å². The van der Waals surface area contributed by atoms with Crippen LogP contribution in [0.15, 0.2) is 40.9 Å². The fourth-order valence-electron chi connectivity index (χ4n) is 3.41. The fraction of sp³-hybridized carbons (Fsp3) is 0.409. The van der Waals surface area contributed by atoms with Crippen LogP contribution in [0.5, 0.6) is 0 Å². The molecule has 0 radical (unpaired) electrons. The number of nitrogens with zero attached hydrogens (tertiary/aromatic N) is 3. The number of ketones is 1. The van der Waals surface area contributed by atoms with E-state index in [0.29, 0.717) is 11.8 Å². The summed E-state index contributed by atoms with van der Waals surface area (Å²) >= 11 is 3.28. The van der Waals surface area contributed by atoms with Crippen LogP contribution < -0.4 is 0 Å². The molecule has 0 atom stereocenters. The third-order valence-electron chi connectivity index (χ3n) is 5.16. The van der Waals surface area contributed by atoms with Crippen molar-refractivity contribution < 1.29 is 4.79 Å². The lowest BCUT2D eigenvalue weighted by Crippen LogP contribution is -2.09. The van der Waals surface area contributed by atoms with Gasteiger partial charge in [0.2, 0.25) is 0 Å². The number of aryl methyl sites for hydroxylation is 2. The van der Waals surface area contributed by atoms with Gasteiger partial charge in [0.05, 0.1) is 5.75 Å². The van der Waals surface area contributed by atoms with E-state index in [0.717, 1.165) is 41.4 Å². The number of carbonyl (C=O) groups is 1. The Balaban J connectivity index is 1.51. The molecule has 0 unspecified atom stereocenters. The summed E-state index contributed by atoms with van der Waals surface area (Å²) in [5, 5.41) is 11.9. The number of thioether (sulfide) groups is 1. The Morgan fingerprint density at radius 2 is 2.07 bits per heavy atom. The molecule has 1 aliphatic rings. The van der Waals surface area contributed by atoms with Gasteiger partial charge in [-0.2, -0.15) is 0 Å². The van der Waals surface area contributed by atoms with Crippen molar-refractivity contribution in [3.8, 4) is 0 Å². The molecule has 3 aromatic rings. The molecule has 0 saturated heterocycles. The van der Waals surface area contributed by atoms with Gasteiger partial charge in [0, 0.05) is 22.9 Å². The number of benzene rings is 1. The van der Waals surface area contributed by atoms with Crippen LogP contribution in [0, 0.1) is 0 Å². The van der Waals surface area contributed by atoms with Gasteiger partial charge in [-0.25, -0.2) is 0 Å². The molecule has 1 saturated carbocycles. The van der Waals surface area contributed by atoms with Gasteiger partial charge in [0.25, 0.3) is 0 Å². The second-order valence-electron chi connectivity index (χ2n) is 7.17. The zero-order valence-corrected chi connectivity index (χ0v) is 18.0. The van der Waals surface area contributed by atoms with Crippen molar-refractivity contribution in [3.63, 3.8) is 0 Å². The summed E-state index contributed by atoms with van der Waals surface area (Å²) in [6, 6.07) is 11.0. The van der Waals surface area contributed by atoms with Crippen molar-refractivity contribution in [1.29, 1.82) is 0 Å². The molecule has 2 aromatic heterocycles. The highest BCUT2D eigenvalue weighted by atomic mass is 32.2. The van der Waals surface area contributed by atoms with Gasteiger partial charge < -0.3 is 4.57 Å². The summed E-state index contributed by atoms with van der Waals surface area (Å²) in [4.78, 5) is 14.2. The number of rotatable bonds is 9. The minimum atomic E-state index is 0.183. The van der Waals surface area contributed by atoms with E-state index in [2.05, 4.69) is 64.3 Å². The second-order valence-corrected chi connectivity index (χ2v) is 9.14. The van der Waals surface area contributed by atoms with Crippen LogP contribution >= 0.6 is 23.1 Å². The minimum Gasteiger partial charge on any atom is -0.303 e. The summed E-state index contributed by atoms with van der Waals surface area (Å²) in [6.07, 6.45) is 4.98. The molecule has 0 amide bonds. The summed E-state index contributed by atoms with van der Waals surface area (Å²) in [5.74, 6) is 1.61. The Hall–Kier alpha value is -1.92. The van der Waals surface area contributed by atoms with Gasteiger partial charge in [-0.3, -0.25) is 4.79 Å². The molecular formula is C22H25N3OS2. The van der Waals surface area contributed by atoms with Crippen molar-refractivity contribution >= 4 is 28.9 Å². The summed E-state index contributed by atoms with van der Waals surface area (Å²) in [5.41, 5.74) is 3.21. The summed E-state index contributed by atoms with van der Waals surface area (Å²) < 4.78 is 2.26. The molecule has 4 nitrogen and oxygen atoms in total. The van der Waals surface area contributed by atoms with Crippen molar-refractivity contribution in [1.82, 2.24) is 14.8 Å². The molecule has 1 fully saturated rings. The first-order chi connectivity index (χ1) is 13.7. The molecule has 4 rings (SSSR count). The van der Waals surface area contributed by atoms with E-state index in [1.165, 1.54) is 35.0 Å². The van der Waals surface area contributed by atoms with Gasteiger partial charge in [0.15, 0.2) is 10.9 Å². The maximum atomic E-state index is 12.9. The monoisotopic (exact) mass is 411 g/mol. The third-order valence-corrected chi connectivity index (χ3v) is 6.98. The van der Waals surface area contributed by atoms with E-state index in [1.807, 2.05) is 0 Å². The van der Waals surface area contributed by atoms with Crippen molar-refractivity contribution in [2.24, 2.45) is 0 Å². The van der Waals surface area contributed by atoms with E-state index in [1.54, 1.807) is 11.3 Å². The zero-order valence-electron chi connectivity index (χ0n) is 16.4. The van der Waals surface area contributed by atoms with E-state index in [9.17, 15) is 4.79 Å². The quantitative estimate of drug-likeness (QED) is 0.351. The lowest BCUT2D eigenvalue weighted by molar-refractivity contribution is 0.102. The predicted molar refractivity (Wildman–Crippen MR) is 116 cm³/mol. The standard InChI is InChI=1S/C22H25N3OS2/c1-3-15-7-8-16(4-2)19(12-15)20(26)14-28-22-24-23-21(25(22)17-9-10-17)13-18-6-5-11-27-18/h5-8,11-12,17H,3-4,9-10,13-14H2,1-2H3. The Bertz CT molecular complexity index is 958. The molecule has 0 aliphatic heterocycles. The molecule has 1 aliphatic carbocycles. The maximum Gasteiger partial charge on any atom is 0.191 e. The molecule has 6 heteroatoms. The number of hydrogen-bond acceptors (Lipinski definition) is 5. The van der Waals surface area contributed by atoms with E-state index >= 15 is 0 Å². The smallest absolute Gasteiger partial charge is 0.191 e. The van der Waals surface area contributed by atoms with Crippen LogP contribution in [0.4, 0.5) is 0 Å². The fourth-order valence-corrected chi connectivity index (χ4v) is 5.02. The topological polar surface area (TPSA) is 47.8 Å². The minimum absolute atomic E-state index is 0.183. The van der Waals surface area contributed by atoms with Crippen LogP contribution in [0.25, 0.3) is 0 Å². The van der Waals surface area contributed by atoms with Crippen LogP contribution in [0.2, 0.25) is 0 Å². The SMILES string of the molecule is CCc1ccc(CC)c(C(=O)CSc2nnc(Cc3cccs3)n2C2CC2)c1. The highest BCUT2D eigenvalue weighted by Crippen LogP contribution is 2.39. The largest absolute Gasteiger partial charge is 0.303 e. The Labute approximate surface area is 174 Å². The Morgan fingerprint density at radius 3 is 2.75 bits per heavy atom. The maximum absolute atomic E-state index is 12.9. The first-order valence-corrected chi connectivity index (χ1v) is 11.8. The van der Waals surface area contributed by atoms with Crippen LogP contribution in [0.3, 0.4) is 0 Å². The number of aromatic nitrogens is 3. The zero-order chi connectivity index (χ0) is 19.5. The third kappa shape index (κ3) is 4.23. The highest BCUT2D eigenvalue weighted by molar-refractivity contribution is 7.99. The lowest BCUT2D eigenvalue weighted by atomic mass is 9.98. The average molecular weight is 412 g/mol. The van der Waals surface area contributed by atoms with Gasteiger partial charge in [-0.05, 0) is 54.3 Å². The molecule has 0 spiro atoms. The van der Waals surface area contributed by atoms with Crippen molar-refractivity contribution in [2.45, 2.75) is 57.1 Å². The first kappa shape index (κ1) is 19.4. The molecule has 2 heterocycles.